The zero-order valence-electron chi connectivity index (χ0n) is 9.10. The van der Waals surface area contributed by atoms with E-state index in [1.165, 1.54) is 17.7 Å². The summed E-state index contributed by atoms with van der Waals surface area (Å²) in [7, 11) is -1.77. The summed E-state index contributed by atoms with van der Waals surface area (Å²) in [6.07, 6.45) is 3.21. The van der Waals surface area contributed by atoms with Gasteiger partial charge in [0.1, 0.15) is 0 Å². The van der Waals surface area contributed by atoms with Crippen molar-refractivity contribution < 1.29 is 17.9 Å². The number of sulfonamides is 1. The Hall–Kier alpha value is -0.620. The van der Waals surface area contributed by atoms with Crippen LogP contribution in [0.1, 0.15) is 19.3 Å². The molecule has 5 nitrogen and oxygen atoms in total. The van der Waals surface area contributed by atoms with E-state index in [1.54, 1.807) is 0 Å². The van der Waals surface area contributed by atoms with Crippen LogP contribution >= 0.6 is 0 Å². The van der Waals surface area contributed by atoms with E-state index in [-0.39, 0.29) is 11.9 Å². The molecule has 6 heteroatoms. The number of esters is 1. The minimum absolute atomic E-state index is 0.0981. The Kier molecular flexibility index (Phi) is 4.10. The number of hydrogen-bond donors (Lipinski definition) is 0. The van der Waals surface area contributed by atoms with E-state index in [0.717, 1.165) is 12.8 Å². The number of nitrogens with zero attached hydrogens (tertiary/aromatic N) is 1. The van der Waals surface area contributed by atoms with Gasteiger partial charge in [-0.3, -0.25) is 4.79 Å². The van der Waals surface area contributed by atoms with E-state index < -0.39 is 10.0 Å². The Morgan fingerprint density at radius 3 is 2.73 bits per heavy atom. The molecule has 88 valence electrons. The molecule has 1 unspecified atom stereocenters. The molecule has 0 N–H and O–H groups in total. The molecule has 1 fully saturated rings. The summed E-state index contributed by atoms with van der Waals surface area (Å²) in [5.41, 5.74) is 0. The fourth-order valence-electron chi connectivity index (χ4n) is 1.81. The standard InChI is InChI=1S/C9H17NO4S/c1-14-9(11)6-8-4-3-5-10(7-8)15(2,12)13/h8H,3-7H2,1-2H3. The van der Waals surface area contributed by atoms with Gasteiger partial charge < -0.3 is 4.74 Å². The summed E-state index contributed by atoms with van der Waals surface area (Å²) < 4.78 is 28.6. The summed E-state index contributed by atoms with van der Waals surface area (Å²) in [5, 5.41) is 0. The minimum Gasteiger partial charge on any atom is -0.469 e. The first-order chi connectivity index (χ1) is 6.93. The number of piperidine rings is 1. The lowest BCUT2D eigenvalue weighted by Gasteiger charge is -2.30. The summed E-state index contributed by atoms with van der Waals surface area (Å²) >= 11 is 0. The smallest absolute Gasteiger partial charge is 0.305 e. The molecule has 1 heterocycles. The Labute approximate surface area is 90.4 Å². The number of hydrogen-bond acceptors (Lipinski definition) is 4. The normalized spacial score (nSPS) is 23.7. The highest BCUT2D eigenvalue weighted by molar-refractivity contribution is 7.88. The van der Waals surface area contributed by atoms with Gasteiger partial charge in [0.2, 0.25) is 10.0 Å². The second-order valence-corrected chi connectivity index (χ2v) is 5.89. The molecule has 0 saturated carbocycles. The van der Waals surface area contributed by atoms with Crippen LogP contribution in [0, 0.1) is 5.92 Å². The summed E-state index contributed by atoms with van der Waals surface area (Å²) in [6.45, 7) is 1.00. The van der Waals surface area contributed by atoms with Crippen LogP contribution in [0.5, 0.6) is 0 Å². The summed E-state index contributed by atoms with van der Waals surface area (Å²) in [4.78, 5) is 11.0. The highest BCUT2D eigenvalue weighted by Gasteiger charge is 2.27. The van der Waals surface area contributed by atoms with Gasteiger partial charge in [-0.25, -0.2) is 12.7 Å². The van der Waals surface area contributed by atoms with Gasteiger partial charge in [-0.05, 0) is 18.8 Å². The monoisotopic (exact) mass is 235 g/mol. The zero-order chi connectivity index (χ0) is 11.5. The highest BCUT2D eigenvalue weighted by Crippen LogP contribution is 2.21. The molecule has 0 bridgehead atoms. The molecular formula is C9H17NO4S. The molecular weight excluding hydrogens is 218 g/mol. The predicted molar refractivity (Wildman–Crippen MR) is 55.8 cm³/mol. The number of methoxy groups -OCH3 is 1. The van der Waals surface area contributed by atoms with Crippen LogP contribution in [-0.4, -0.2) is 45.1 Å². The fraction of sp³-hybridized carbons (Fsp3) is 0.889. The third-order valence-electron chi connectivity index (χ3n) is 2.63. The maximum absolute atomic E-state index is 11.3. The van der Waals surface area contributed by atoms with Gasteiger partial charge in [0.15, 0.2) is 0 Å². The molecule has 0 aromatic carbocycles. The lowest BCUT2D eigenvalue weighted by atomic mass is 9.96. The van der Waals surface area contributed by atoms with Gasteiger partial charge in [0.05, 0.1) is 13.4 Å². The van der Waals surface area contributed by atoms with E-state index in [9.17, 15) is 13.2 Å². The van der Waals surface area contributed by atoms with Crippen molar-refractivity contribution in [2.75, 3.05) is 26.5 Å². The van der Waals surface area contributed by atoms with Crippen LogP contribution in [-0.2, 0) is 19.6 Å². The first kappa shape index (κ1) is 12.4. The molecule has 1 aliphatic heterocycles. The van der Waals surface area contributed by atoms with Crippen molar-refractivity contribution >= 4 is 16.0 Å². The van der Waals surface area contributed by atoms with Gasteiger partial charge in [0, 0.05) is 19.5 Å². The van der Waals surface area contributed by atoms with Crippen molar-refractivity contribution in [1.82, 2.24) is 4.31 Å². The van der Waals surface area contributed by atoms with Gasteiger partial charge in [-0.1, -0.05) is 0 Å². The zero-order valence-corrected chi connectivity index (χ0v) is 9.92. The second kappa shape index (κ2) is 4.94. The molecule has 1 atom stereocenters. The summed E-state index contributed by atoms with van der Waals surface area (Å²) in [6, 6.07) is 0. The predicted octanol–water partition coefficient (Wildman–Crippen LogP) is 0.221. The van der Waals surface area contributed by atoms with Crippen LogP contribution < -0.4 is 0 Å². The molecule has 1 aliphatic rings. The van der Waals surface area contributed by atoms with Gasteiger partial charge in [-0.15, -0.1) is 0 Å². The Bertz CT molecular complexity index is 325. The number of rotatable bonds is 3. The van der Waals surface area contributed by atoms with Crippen molar-refractivity contribution in [3.63, 3.8) is 0 Å². The van der Waals surface area contributed by atoms with E-state index in [1.807, 2.05) is 0 Å². The van der Waals surface area contributed by atoms with E-state index in [2.05, 4.69) is 4.74 Å². The van der Waals surface area contributed by atoms with Crippen LogP contribution in [0.4, 0.5) is 0 Å². The third-order valence-corrected chi connectivity index (χ3v) is 3.90. The first-order valence-corrected chi connectivity index (χ1v) is 6.80. The minimum atomic E-state index is -3.12. The Morgan fingerprint density at radius 1 is 1.53 bits per heavy atom. The topological polar surface area (TPSA) is 63.7 Å². The fourth-order valence-corrected chi connectivity index (χ4v) is 2.76. The average Bonchev–Trinajstić information content (AvgIpc) is 2.17. The van der Waals surface area contributed by atoms with E-state index in [4.69, 9.17) is 0 Å². The van der Waals surface area contributed by atoms with Crippen molar-refractivity contribution in [3.8, 4) is 0 Å². The van der Waals surface area contributed by atoms with Crippen molar-refractivity contribution in [3.05, 3.63) is 0 Å². The highest BCUT2D eigenvalue weighted by atomic mass is 32.2. The van der Waals surface area contributed by atoms with Crippen molar-refractivity contribution in [2.24, 2.45) is 5.92 Å². The van der Waals surface area contributed by atoms with Gasteiger partial charge >= 0.3 is 5.97 Å². The molecule has 0 aromatic heterocycles. The Morgan fingerprint density at radius 2 is 2.20 bits per heavy atom. The van der Waals surface area contributed by atoms with E-state index >= 15 is 0 Å². The lowest BCUT2D eigenvalue weighted by molar-refractivity contribution is -0.142. The molecule has 0 aliphatic carbocycles. The summed E-state index contributed by atoms with van der Waals surface area (Å²) in [5.74, 6) is -0.170. The Balaban J connectivity index is 2.53. The molecule has 15 heavy (non-hydrogen) atoms. The lowest BCUT2D eigenvalue weighted by Crippen LogP contribution is -2.39. The average molecular weight is 235 g/mol. The molecule has 0 spiro atoms. The molecule has 0 radical (unpaired) electrons. The SMILES string of the molecule is COC(=O)CC1CCCN(S(C)(=O)=O)C1. The number of ether oxygens (including phenoxy) is 1. The van der Waals surface area contributed by atoms with Crippen molar-refractivity contribution in [1.29, 1.82) is 0 Å². The number of carbonyl (C=O) groups is 1. The first-order valence-electron chi connectivity index (χ1n) is 4.95. The third kappa shape index (κ3) is 3.79. The van der Waals surface area contributed by atoms with E-state index in [0.29, 0.717) is 19.5 Å². The largest absolute Gasteiger partial charge is 0.469 e. The second-order valence-electron chi connectivity index (χ2n) is 3.91. The van der Waals surface area contributed by atoms with Crippen LogP contribution in [0.15, 0.2) is 0 Å². The maximum atomic E-state index is 11.3. The van der Waals surface area contributed by atoms with Gasteiger partial charge in [-0.2, -0.15) is 0 Å². The molecule has 1 rings (SSSR count). The van der Waals surface area contributed by atoms with Crippen LogP contribution in [0.2, 0.25) is 0 Å². The quantitative estimate of drug-likeness (QED) is 0.656. The van der Waals surface area contributed by atoms with Crippen LogP contribution in [0.3, 0.4) is 0 Å². The number of carbonyl (C=O) groups excluding carboxylic acids is 1. The van der Waals surface area contributed by atoms with Crippen molar-refractivity contribution in [2.45, 2.75) is 19.3 Å². The molecule has 0 amide bonds. The van der Waals surface area contributed by atoms with Gasteiger partial charge in [0.25, 0.3) is 0 Å². The van der Waals surface area contributed by atoms with Crippen LogP contribution in [0.25, 0.3) is 0 Å². The molecule has 0 aromatic rings. The maximum Gasteiger partial charge on any atom is 0.305 e. The molecule has 1 saturated heterocycles.